The Balaban J connectivity index is 1.35. The molecule has 3 aliphatic rings. The molecule has 1 saturated heterocycles. The maximum atomic E-state index is 13.3. The van der Waals surface area contributed by atoms with E-state index in [-0.39, 0.29) is 12.5 Å². The van der Waals surface area contributed by atoms with Gasteiger partial charge >= 0.3 is 12.0 Å². The molecule has 0 unspecified atom stereocenters. The Morgan fingerprint density at radius 3 is 2.44 bits per heavy atom. The number of amides is 2. The molecule has 4 rings (SSSR count). The average molecular weight is 442 g/mol. The number of hydrogen-bond donors (Lipinski definition) is 1. The normalized spacial score (nSPS) is 24.7. The Morgan fingerprint density at radius 2 is 1.75 bits per heavy atom. The minimum absolute atomic E-state index is 0.147. The maximum absolute atomic E-state index is 13.3. The second-order valence-corrected chi connectivity index (χ2v) is 10.4. The molecule has 2 fully saturated rings. The van der Waals surface area contributed by atoms with Gasteiger partial charge in [0.2, 0.25) is 0 Å². The molecule has 2 amide bonds. The van der Waals surface area contributed by atoms with Gasteiger partial charge in [-0.3, -0.25) is 9.69 Å². The van der Waals surface area contributed by atoms with Crippen molar-refractivity contribution >= 4 is 17.7 Å². The number of carbonyl (C=O) groups is 2. The van der Waals surface area contributed by atoms with E-state index in [1.807, 2.05) is 4.90 Å². The molecule has 1 aromatic rings. The van der Waals surface area contributed by atoms with Gasteiger partial charge in [-0.25, -0.2) is 4.79 Å². The smallest absolute Gasteiger partial charge is 0.324 e. The second kappa shape index (κ2) is 10.2. The summed E-state index contributed by atoms with van der Waals surface area (Å²) in [5.41, 5.74) is 3.88. The van der Waals surface area contributed by atoms with Crippen LogP contribution in [0.25, 0.3) is 0 Å². The van der Waals surface area contributed by atoms with Gasteiger partial charge in [0.25, 0.3) is 0 Å². The summed E-state index contributed by atoms with van der Waals surface area (Å²) in [6.45, 7) is 9.49. The molecule has 32 heavy (non-hydrogen) atoms. The Bertz CT molecular complexity index is 817. The number of carboxylic acid groups (broad SMARTS) is 1. The van der Waals surface area contributed by atoms with Gasteiger partial charge in [-0.1, -0.05) is 19.9 Å². The summed E-state index contributed by atoms with van der Waals surface area (Å²) in [6.07, 6.45) is 7.25. The molecule has 0 spiro atoms. The van der Waals surface area contributed by atoms with Gasteiger partial charge in [0.05, 0.1) is 0 Å². The lowest BCUT2D eigenvalue weighted by Gasteiger charge is -2.34. The highest BCUT2D eigenvalue weighted by Crippen LogP contribution is 2.33. The van der Waals surface area contributed by atoms with Gasteiger partial charge in [-0.2, -0.15) is 0 Å². The zero-order valence-corrected chi connectivity index (χ0v) is 19.8. The second-order valence-electron chi connectivity index (χ2n) is 10.4. The minimum Gasteiger partial charge on any atom is -0.481 e. The fourth-order valence-electron chi connectivity index (χ4n) is 5.83. The summed E-state index contributed by atoms with van der Waals surface area (Å²) in [4.78, 5) is 30.7. The Labute approximate surface area is 192 Å². The predicted molar refractivity (Wildman–Crippen MR) is 127 cm³/mol. The first kappa shape index (κ1) is 23.1. The Hall–Kier alpha value is -2.08. The third kappa shape index (κ3) is 5.45. The van der Waals surface area contributed by atoms with E-state index in [1.165, 1.54) is 11.1 Å². The highest BCUT2D eigenvalue weighted by molar-refractivity contribution is 5.94. The average Bonchev–Trinajstić information content (AvgIpc) is 3.04. The number of carboxylic acids is 1. The summed E-state index contributed by atoms with van der Waals surface area (Å²) in [5.74, 6) is 0.481. The number of hydrogen-bond acceptors (Lipinski definition) is 3. The van der Waals surface area contributed by atoms with Crippen LogP contribution in [0.1, 0.15) is 63.5 Å². The van der Waals surface area contributed by atoms with E-state index in [0.29, 0.717) is 17.9 Å². The Morgan fingerprint density at radius 1 is 1.03 bits per heavy atom. The first-order chi connectivity index (χ1) is 15.4. The third-order valence-electron chi connectivity index (χ3n) is 7.58. The maximum Gasteiger partial charge on any atom is 0.324 e. The van der Waals surface area contributed by atoms with E-state index < -0.39 is 5.97 Å². The number of fused-ring (bicyclic) bond motifs is 1. The zero-order chi connectivity index (χ0) is 22.7. The van der Waals surface area contributed by atoms with E-state index in [9.17, 15) is 9.59 Å². The van der Waals surface area contributed by atoms with E-state index in [4.69, 9.17) is 5.11 Å². The van der Waals surface area contributed by atoms with E-state index in [0.717, 1.165) is 83.4 Å². The molecule has 1 saturated carbocycles. The number of benzene rings is 1. The lowest BCUT2D eigenvalue weighted by molar-refractivity contribution is -0.137. The Kier molecular flexibility index (Phi) is 7.39. The van der Waals surface area contributed by atoms with Crippen molar-refractivity contribution in [3.63, 3.8) is 0 Å². The number of aliphatic carboxylic acids is 1. The van der Waals surface area contributed by atoms with Crippen LogP contribution in [0.2, 0.25) is 0 Å². The molecule has 6 heteroatoms. The van der Waals surface area contributed by atoms with Crippen LogP contribution in [-0.2, 0) is 17.6 Å². The van der Waals surface area contributed by atoms with Crippen molar-refractivity contribution in [1.29, 1.82) is 0 Å². The molecule has 1 aliphatic carbocycles. The largest absolute Gasteiger partial charge is 0.481 e. The number of anilines is 1. The molecule has 0 aromatic heterocycles. The van der Waals surface area contributed by atoms with E-state index >= 15 is 0 Å². The van der Waals surface area contributed by atoms with Gasteiger partial charge in [0, 0.05) is 50.9 Å². The van der Waals surface area contributed by atoms with E-state index in [1.54, 1.807) is 0 Å². The van der Waals surface area contributed by atoms with E-state index in [2.05, 4.69) is 41.8 Å². The number of nitrogens with zero attached hydrogens (tertiary/aromatic N) is 3. The molecular weight excluding hydrogens is 402 g/mol. The van der Waals surface area contributed by atoms with Crippen LogP contribution in [0.3, 0.4) is 0 Å². The topological polar surface area (TPSA) is 64.1 Å². The first-order valence-corrected chi connectivity index (χ1v) is 12.5. The summed E-state index contributed by atoms with van der Waals surface area (Å²) in [7, 11) is 0. The van der Waals surface area contributed by atoms with Gasteiger partial charge in [-0.15, -0.1) is 0 Å². The molecular formula is C26H39N3O3. The van der Waals surface area contributed by atoms with Crippen molar-refractivity contribution in [2.45, 2.75) is 71.3 Å². The number of rotatable bonds is 7. The molecule has 0 bridgehead atoms. The van der Waals surface area contributed by atoms with Gasteiger partial charge in [0.1, 0.15) is 0 Å². The molecule has 0 atom stereocenters. The standard InChI is InChI=1S/C26H39N3O3/c1-19(2)18-27-13-11-21-6-9-24(17-22(21)12-14-27)29-16-15-28(26(29)32)23-7-3-20(4-8-23)5-10-25(30)31/h6,9,17,19-20,23H,3-5,7-8,10-16,18H2,1-2H3,(H,30,31). The van der Waals surface area contributed by atoms with Crippen LogP contribution in [0.4, 0.5) is 10.5 Å². The zero-order valence-electron chi connectivity index (χ0n) is 19.8. The summed E-state index contributed by atoms with van der Waals surface area (Å²) < 4.78 is 0. The van der Waals surface area contributed by atoms with Crippen LogP contribution < -0.4 is 4.90 Å². The van der Waals surface area contributed by atoms with Crippen molar-refractivity contribution in [3.05, 3.63) is 29.3 Å². The summed E-state index contributed by atoms with van der Waals surface area (Å²) in [6, 6.07) is 7.10. The van der Waals surface area contributed by atoms with Gasteiger partial charge < -0.3 is 14.9 Å². The molecule has 176 valence electrons. The van der Waals surface area contributed by atoms with Crippen LogP contribution in [0.5, 0.6) is 0 Å². The number of urea groups is 1. The van der Waals surface area contributed by atoms with Gasteiger partial charge in [-0.05, 0) is 80.0 Å². The van der Waals surface area contributed by atoms with Crippen LogP contribution in [-0.4, -0.2) is 65.7 Å². The van der Waals surface area contributed by atoms with Crippen LogP contribution in [0.15, 0.2) is 18.2 Å². The number of carbonyl (C=O) groups excluding carboxylic acids is 1. The third-order valence-corrected chi connectivity index (χ3v) is 7.58. The molecule has 1 N–H and O–H groups in total. The highest BCUT2D eigenvalue weighted by atomic mass is 16.4. The monoisotopic (exact) mass is 441 g/mol. The lowest BCUT2D eigenvalue weighted by atomic mass is 9.83. The lowest BCUT2D eigenvalue weighted by Crippen LogP contribution is -2.41. The molecule has 2 heterocycles. The fourth-order valence-corrected chi connectivity index (χ4v) is 5.83. The van der Waals surface area contributed by atoms with Crippen molar-refractivity contribution in [3.8, 4) is 0 Å². The highest BCUT2D eigenvalue weighted by Gasteiger charge is 2.36. The molecule has 1 aromatic carbocycles. The van der Waals surface area contributed by atoms with Crippen molar-refractivity contribution in [2.24, 2.45) is 11.8 Å². The summed E-state index contributed by atoms with van der Waals surface area (Å²) >= 11 is 0. The SMILES string of the molecule is CC(C)CN1CCc2ccc(N3CCN(C4CCC(CCC(=O)O)CC4)C3=O)cc2CC1. The molecule has 6 nitrogen and oxygen atoms in total. The predicted octanol–water partition coefficient (Wildman–Crippen LogP) is 4.41. The fraction of sp³-hybridized carbons (Fsp3) is 0.692. The summed E-state index contributed by atoms with van der Waals surface area (Å²) in [5, 5.41) is 8.92. The minimum atomic E-state index is -0.703. The quantitative estimate of drug-likeness (QED) is 0.681. The molecule has 0 radical (unpaired) electrons. The van der Waals surface area contributed by atoms with Crippen molar-refractivity contribution < 1.29 is 14.7 Å². The van der Waals surface area contributed by atoms with Gasteiger partial charge in [0.15, 0.2) is 0 Å². The van der Waals surface area contributed by atoms with Crippen LogP contribution in [0, 0.1) is 11.8 Å². The van der Waals surface area contributed by atoms with Crippen molar-refractivity contribution in [1.82, 2.24) is 9.80 Å². The van der Waals surface area contributed by atoms with Crippen LogP contribution >= 0.6 is 0 Å². The van der Waals surface area contributed by atoms with Crippen molar-refractivity contribution in [2.75, 3.05) is 37.6 Å². The molecule has 2 aliphatic heterocycles. The first-order valence-electron chi connectivity index (χ1n) is 12.5.